The molecule has 3 fully saturated rings. The van der Waals surface area contributed by atoms with Crippen LogP contribution in [0.5, 0.6) is 0 Å². The fraction of sp³-hybridized carbons (Fsp3) is 0.389. The van der Waals surface area contributed by atoms with E-state index in [4.69, 9.17) is 4.98 Å². The highest BCUT2D eigenvalue weighted by Crippen LogP contribution is 2.36. The van der Waals surface area contributed by atoms with Gasteiger partial charge < -0.3 is 15.1 Å². The van der Waals surface area contributed by atoms with Crippen molar-refractivity contribution in [3.8, 4) is 28.0 Å². The molecule has 2 N–H and O–H groups in total. The average Bonchev–Trinajstić information content (AvgIpc) is 3.83. The van der Waals surface area contributed by atoms with Crippen LogP contribution >= 0.6 is 11.3 Å². The number of rotatable bonds is 8. The number of carbonyl (C=O) groups is 2. The van der Waals surface area contributed by atoms with E-state index in [0.29, 0.717) is 24.3 Å². The van der Waals surface area contributed by atoms with E-state index in [1.807, 2.05) is 49.6 Å². The molecule has 0 saturated carbocycles. The predicted molar refractivity (Wildman–Crippen MR) is 195 cm³/mol. The summed E-state index contributed by atoms with van der Waals surface area (Å²) in [4.78, 5) is 40.4. The van der Waals surface area contributed by atoms with Crippen molar-refractivity contribution in [1.82, 2.24) is 40.0 Å². The summed E-state index contributed by atoms with van der Waals surface area (Å²) in [6, 6.07) is 13.8. The fourth-order valence-corrected chi connectivity index (χ4v) is 8.23. The first-order valence-electron chi connectivity index (χ1n) is 17.4. The number of fused-ring (bicyclic) bond motifs is 1. The minimum absolute atomic E-state index is 0.198. The topological polar surface area (TPSA) is 161 Å². The molecule has 0 spiro atoms. The molecule has 2 amide bonds. The zero-order valence-corrected chi connectivity index (χ0v) is 29.1. The minimum atomic E-state index is -0.303. The van der Waals surface area contributed by atoms with Gasteiger partial charge in [-0.15, -0.1) is 10.2 Å². The smallest absolute Gasteiger partial charge is 0.234 e. The van der Waals surface area contributed by atoms with E-state index >= 15 is 0 Å². The third kappa shape index (κ3) is 6.72. The highest BCUT2D eigenvalue weighted by Gasteiger charge is 2.29. The molecule has 260 valence electrons. The number of hydrogen-bond acceptors (Lipinski definition) is 13. The molecule has 3 aliphatic rings. The molecule has 0 aromatic carbocycles. The molecule has 8 heterocycles. The van der Waals surface area contributed by atoms with Crippen molar-refractivity contribution in [2.45, 2.75) is 31.6 Å². The zero-order chi connectivity index (χ0) is 34.9. The molecule has 8 rings (SSSR count). The Balaban J connectivity index is 0.834. The number of piperidine rings is 2. The van der Waals surface area contributed by atoms with Gasteiger partial charge in [-0.25, -0.2) is 9.50 Å². The number of carbonyl (C=O) groups excluding carboxylic acids is 2. The van der Waals surface area contributed by atoms with E-state index in [1.54, 1.807) is 28.2 Å². The maximum Gasteiger partial charge on any atom is 0.234 e. The van der Waals surface area contributed by atoms with Crippen molar-refractivity contribution in [2.24, 2.45) is 5.92 Å². The van der Waals surface area contributed by atoms with E-state index in [2.05, 4.69) is 51.7 Å². The Labute approximate surface area is 299 Å². The molecular formula is C36H38N12O2S. The molecule has 0 aliphatic carbocycles. The van der Waals surface area contributed by atoms with Crippen molar-refractivity contribution in [3.05, 3.63) is 66.1 Å². The lowest BCUT2D eigenvalue weighted by Gasteiger charge is -2.39. The van der Waals surface area contributed by atoms with Crippen molar-refractivity contribution >= 4 is 45.3 Å². The van der Waals surface area contributed by atoms with Gasteiger partial charge in [0.2, 0.25) is 16.9 Å². The molecule has 3 aliphatic heterocycles. The Hall–Kier alpha value is -5.46. The summed E-state index contributed by atoms with van der Waals surface area (Å²) in [6.07, 6.45) is 8.35. The lowest BCUT2D eigenvalue weighted by molar-refractivity contribution is -0.134. The Morgan fingerprint density at radius 2 is 1.78 bits per heavy atom. The summed E-state index contributed by atoms with van der Waals surface area (Å²) >= 11 is 1.59. The van der Waals surface area contributed by atoms with Gasteiger partial charge in [0.05, 0.1) is 40.1 Å². The first-order chi connectivity index (χ1) is 24.9. The number of nitrogens with zero attached hydrogens (tertiary/aromatic N) is 10. The van der Waals surface area contributed by atoms with Crippen LogP contribution in [0.4, 0.5) is 16.6 Å². The molecule has 5 aromatic rings. The first kappa shape index (κ1) is 32.7. The number of amides is 2. The second kappa shape index (κ2) is 14.0. The van der Waals surface area contributed by atoms with Gasteiger partial charge >= 0.3 is 0 Å². The Morgan fingerprint density at radius 1 is 0.941 bits per heavy atom. The van der Waals surface area contributed by atoms with Gasteiger partial charge in [-0.05, 0) is 61.1 Å². The number of nitriles is 1. The van der Waals surface area contributed by atoms with Crippen LogP contribution in [0, 0.1) is 17.2 Å². The van der Waals surface area contributed by atoms with Crippen molar-refractivity contribution in [1.29, 1.82) is 5.26 Å². The van der Waals surface area contributed by atoms with E-state index in [9.17, 15) is 14.9 Å². The highest BCUT2D eigenvalue weighted by atomic mass is 32.1. The lowest BCUT2D eigenvalue weighted by Crippen LogP contribution is -2.49. The van der Waals surface area contributed by atoms with Gasteiger partial charge in [0.1, 0.15) is 11.9 Å². The number of anilines is 3. The number of nitrogens with one attached hydrogen (secondary N) is 2. The van der Waals surface area contributed by atoms with Gasteiger partial charge in [-0.2, -0.15) is 10.4 Å². The van der Waals surface area contributed by atoms with Crippen LogP contribution in [0.1, 0.15) is 42.7 Å². The third-order valence-electron chi connectivity index (χ3n) is 10.2. The van der Waals surface area contributed by atoms with E-state index in [1.165, 1.54) is 0 Å². The molecule has 1 atom stereocenters. The quantitative estimate of drug-likeness (QED) is 0.226. The Morgan fingerprint density at radius 3 is 2.53 bits per heavy atom. The molecule has 14 nitrogen and oxygen atoms in total. The third-order valence-corrected chi connectivity index (χ3v) is 11.2. The van der Waals surface area contributed by atoms with Gasteiger partial charge in [0.15, 0.2) is 5.01 Å². The van der Waals surface area contributed by atoms with Crippen LogP contribution < -0.4 is 20.4 Å². The number of pyridine rings is 2. The van der Waals surface area contributed by atoms with E-state index in [-0.39, 0.29) is 17.7 Å². The summed E-state index contributed by atoms with van der Waals surface area (Å²) in [6.45, 7) is 6.84. The summed E-state index contributed by atoms with van der Waals surface area (Å²) in [5.74, 6) is 0.873. The van der Waals surface area contributed by atoms with Crippen LogP contribution in [-0.4, -0.2) is 99.4 Å². The number of aromatic nitrogens is 6. The maximum atomic E-state index is 12.2. The van der Waals surface area contributed by atoms with Gasteiger partial charge in [0.25, 0.3) is 0 Å². The van der Waals surface area contributed by atoms with Crippen LogP contribution in [0.3, 0.4) is 0 Å². The predicted octanol–water partition coefficient (Wildman–Crippen LogP) is 3.78. The molecule has 3 saturated heterocycles. The van der Waals surface area contributed by atoms with Crippen LogP contribution in [0.25, 0.3) is 27.5 Å². The minimum Gasteiger partial charge on any atom is -0.387 e. The van der Waals surface area contributed by atoms with Crippen molar-refractivity contribution in [3.63, 3.8) is 0 Å². The Kier molecular flexibility index (Phi) is 9.01. The van der Waals surface area contributed by atoms with Gasteiger partial charge in [0, 0.05) is 77.4 Å². The van der Waals surface area contributed by atoms with Gasteiger partial charge in [-0.3, -0.25) is 24.8 Å². The summed E-state index contributed by atoms with van der Waals surface area (Å²) < 4.78 is 1.79. The summed E-state index contributed by atoms with van der Waals surface area (Å²) in [7, 11) is 1.89. The Bertz CT molecular complexity index is 2110. The fourth-order valence-electron chi connectivity index (χ4n) is 7.31. The number of imide groups is 1. The highest BCUT2D eigenvalue weighted by molar-refractivity contribution is 7.18. The summed E-state index contributed by atoms with van der Waals surface area (Å²) in [5.41, 5.74) is 5.64. The molecular weight excluding hydrogens is 665 g/mol. The standard InChI is InChI=1S/C36H38N12O2S/c1-38-29-17-30(31-5-3-26-16-24(18-37)19-41-48(26)31)39-21-28(29)35-43-44-36(51-35)47-14-12-45(13-15-47)22-23-8-10-46(11-9-23)32-6-2-25(20-40-32)27-4-7-33(49)42-34(27)50/h2-3,5-6,16-17,19-21,23,27H,4,7-15,22H2,1H3,(H,38,39)(H,42,49,50)/t27-/m1/s1. The second-order valence-electron chi connectivity index (χ2n) is 13.3. The molecule has 0 bridgehead atoms. The zero-order valence-electron chi connectivity index (χ0n) is 28.3. The molecule has 51 heavy (non-hydrogen) atoms. The molecule has 15 heteroatoms. The molecule has 0 radical (unpaired) electrons. The van der Waals surface area contributed by atoms with Crippen LogP contribution in [-0.2, 0) is 9.59 Å². The van der Waals surface area contributed by atoms with E-state index in [0.717, 1.165) is 108 Å². The SMILES string of the molecule is CNc1cc(-c2ccc3cc(C#N)cnn23)ncc1-c1nnc(N2CCN(CC3CCN(c4ccc([C@H]5CCC(=O)NC5=O)cn4)CC3)CC2)s1. The van der Waals surface area contributed by atoms with E-state index < -0.39 is 0 Å². The molecule has 0 unspecified atom stereocenters. The maximum absolute atomic E-state index is 12.2. The molecule has 5 aromatic heterocycles. The van der Waals surface area contributed by atoms with Crippen molar-refractivity contribution in [2.75, 3.05) is 68.0 Å². The summed E-state index contributed by atoms with van der Waals surface area (Å²) in [5, 5.41) is 30.3. The van der Waals surface area contributed by atoms with Crippen molar-refractivity contribution < 1.29 is 9.59 Å². The second-order valence-corrected chi connectivity index (χ2v) is 14.3. The number of hydrogen-bond donors (Lipinski definition) is 2. The monoisotopic (exact) mass is 702 g/mol. The largest absolute Gasteiger partial charge is 0.387 e. The number of piperazine rings is 1. The lowest BCUT2D eigenvalue weighted by atomic mass is 9.91. The average molecular weight is 703 g/mol. The van der Waals surface area contributed by atoms with Crippen LogP contribution in [0.15, 0.2) is 55.0 Å². The normalized spacial score (nSPS) is 18.9. The van der Waals surface area contributed by atoms with Crippen LogP contribution in [0.2, 0.25) is 0 Å². The van der Waals surface area contributed by atoms with Gasteiger partial charge in [-0.1, -0.05) is 17.4 Å². The first-order valence-corrected chi connectivity index (χ1v) is 18.2.